The van der Waals surface area contributed by atoms with Crippen LogP contribution in [-0.4, -0.2) is 47.0 Å². The van der Waals surface area contributed by atoms with E-state index in [0.717, 1.165) is 29.5 Å². The van der Waals surface area contributed by atoms with Gasteiger partial charge in [0.05, 0.1) is 8.30 Å². The zero-order valence-corrected chi connectivity index (χ0v) is 19.3. The zero-order valence-electron chi connectivity index (χ0n) is 22.5. The third kappa shape index (κ3) is 4.65. The third-order valence-corrected chi connectivity index (χ3v) is 7.10. The predicted octanol–water partition coefficient (Wildman–Crippen LogP) is 6.08. The first-order chi connectivity index (χ1) is 18.1. The molecule has 0 amide bonds. The van der Waals surface area contributed by atoms with E-state index in [0.29, 0.717) is 34.5 Å². The minimum Gasteiger partial charge on any atom is -0.508 e. The van der Waals surface area contributed by atoms with Crippen molar-refractivity contribution in [3.05, 3.63) is 77.9 Å². The van der Waals surface area contributed by atoms with Crippen molar-refractivity contribution < 1.29 is 25.2 Å². The Balaban J connectivity index is 1.46. The number of hydrogen-bond acceptors (Lipinski definition) is 6. The highest BCUT2D eigenvalue weighted by atomic mass is 32.1. The number of benzene rings is 3. The first kappa shape index (κ1) is 18.0. The number of thiophene rings is 1. The third-order valence-electron chi connectivity index (χ3n) is 5.90. The van der Waals surface area contributed by atoms with Crippen molar-refractivity contribution in [2.24, 2.45) is 0 Å². The molecule has 1 aliphatic heterocycles. The van der Waals surface area contributed by atoms with Gasteiger partial charge in [0.1, 0.15) is 23.8 Å². The van der Waals surface area contributed by atoms with Gasteiger partial charge in [0.25, 0.3) is 0 Å². The summed E-state index contributed by atoms with van der Waals surface area (Å²) in [6.07, 6.45) is 2.62. The number of piperidine rings is 1. The van der Waals surface area contributed by atoms with E-state index in [-0.39, 0.29) is 23.0 Å². The van der Waals surface area contributed by atoms with E-state index in [4.69, 9.17) is 10.2 Å². The zero-order chi connectivity index (χ0) is 27.1. The normalized spacial score (nSPS) is 16.9. The van der Waals surface area contributed by atoms with Gasteiger partial charge in [-0.15, -0.1) is 11.3 Å². The van der Waals surface area contributed by atoms with Crippen LogP contribution in [0, 0.1) is 0 Å². The summed E-state index contributed by atoms with van der Waals surface area (Å²) in [4.78, 5) is 15.9. The molecule has 1 saturated heterocycles. The van der Waals surface area contributed by atoms with Gasteiger partial charge in [-0.3, -0.25) is 9.69 Å². The van der Waals surface area contributed by atoms with Gasteiger partial charge in [0.2, 0.25) is 0 Å². The maximum absolute atomic E-state index is 13.8. The highest BCUT2D eigenvalue weighted by Gasteiger charge is 2.23. The van der Waals surface area contributed by atoms with Gasteiger partial charge in [0.15, 0.2) is 5.78 Å². The number of ether oxygens (including phenoxy) is 1. The lowest BCUT2D eigenvalue weighted by Crippen LogP contribution is -2.33. The summed E-state index contributed by atoms with van der Waals surface area (Å²) in [5, 5.41) is 20.8. The summed E-state index contributed by atoms with van der Waals surface area (Å²) in [6, 6.07) is 17.5. The van der Waals surface area contributed by atoms with Crippen LogP contribution in [0.3, 0.4) is 0 Å². The number of nitrogens with zero attached hydrogens (tertiary/aromatic N) is 1. The van der Waals surface area contributed by atoms with Gasteiger partial charge in [-0.1, -0.05) is 12.5 Å². The molecule has 1 aromatic heterocycles. The molecule has 0 spiro atoms. The summed E-state index contributed by atoms with van der Waals surface area (Å²) < 4.78 is 39.7. The van der Waals surface area contributed by atoms with E-state index in [2.05, 4.69) is 0 Å². The van der Waals surface area contributed by atoms with E-state index in [9.17, 15) is 15.0 Å². The molecule has 5 nitrogen and oxygen atoms in total. The number of hydrogen-bond donors (Lipinski definition) is 2. The monoisotopic (exact) mass is 477 g/mol. The Hall–Kier alpha value is -3.35. The lowest BCUT2D eigenvalue weighted by atomic mass is 9.97. The van der Waals surface area contributed by atoms with Crippen molar-refractivity contribution in [2.75, 3.05) is 26.1 Å². The second-order valence-electron chi connectivity index (χ2n) is 8.22. The van der Waals surface area contributed by atoms with Crippen LogP contribution < -0.4 is 4.74 Å². The smallest absolute Gasteiger partial charge is 0.195 e. The van der Waals surface area contributed by atoms with Crippen LogP contribution >= 0.6 is 11.3 Å². The molecule has 0 unspecified atom stereocenters. The molecule has 5 rings (SSSR count). The van der Waals surface area contributed by atoms with Crippen LogP contribution in [0.1, 0.15) is 40.7 Å². The van der Waals surface area contributed by atoms with Crippen molar-refractivity contribution in [3.8, 4) is 27.7 Å². The minimum atomic E-state index is -2.61. The van der Waals surface area contributed by atoms with E-state index in [1.807, 2.05) is 6.07 Å². The quantitative estimate of drug-likeness (QED) is 0.316. The van der Waals surface area contributed by atoms with Crippen LogP contribution in [0.5, 0.6) is 17.2 Å². The summed E-state index contributed by atoms with van der Waals surface area (Å²) in [7, 11) is 0. The van der Waals surface area contributed by atoms with E-state index in [1.165, 1.54) is 58.7 Å². The van der Waals surface area contributed by atoms with Crippen molar-refractivity contribution in [1.82, 2.24) is 4.90 Å². The maximum Gasteiger partial charge on any atom is 0.195 e. The molecular formula is C28H27NO4S. The summed E-state index contributed by atoms with van der Waals surface area (Å²) in [5.74, 6) is -0.144. The molecule has 34 heavy (non-hydrogen) atoms. The Morgan fingerprint density at radius 2 is 1.71 bits per heavy atom. The van der Waals surface area contributed by atoms with Crippen molar-refractivity contribution in [2.45, 2.75) is 19.3 Å². The molecule has 1 aliphatic rings. The number of carbonyl (C=O) groups is 1. The lowest BCUT2D eigenvalue weighted by Gasteiger charge is -2.26. The van der Waals surface area contributed by atoms with Gasteiger partial charge >= 0.3 is 0 Å². The van der Waals surface area contributed by atoms with Crippen LogP contribution in [-0.2, 0) is 0 Å². The average Bonchev–Trinajstić information content (AvgIpc) is 3.30. The standard InChI is InChI=1S/C28H27NO4S/c30-21-11-7-20(8-12-21)28-26(25-23(31)5-4-6-24(25)34-28)27(32)19-9-13-22(14-10-19)33-18-17-29-15-2-1-3-16-29/h4-14,30-31H,1-3,15-18H2/i17D2,18D2. The lowest BCUT2D eigenvalue weighted by molar-refractivity contribution is 0.104. The molecule has 1 fully saturated rings. The van der Waals surface area contributed by atoms with Gasteiger partial charge in [0, 0.05) is 29.8 Å². The summed E-state index contributed by atoms with van der Waals surface area (Å²) in [5.41, 5.74) is 1.36. The average molecular weight is 478 g/mol. The number of carbonyl (C=O) groups excluding carboxylic acids is 1. The summed E-state index contributed by atoms with van der Waals surface area (Å²) >= 11 is 1.36. The topological polar surface area (TPSA) is 70.0 Å². The molecule has 0 atom stereocenters. The van der Waals surface area contributed by atoms with Crippen LogP contribution in [0.4, 0.5) is 0 Å². The highest BCUT2D eigenvalue weighted by molar-refractivity contribution is 7.22. The van der Waals surface area contributed by atoms with Crippen molar-refractivity contribution in [3.63, 3.8) is 0 Å². The van der Waals surface area contributed by atoms with Gasteiger partial charge in [-0.25, -0.2) is 0 Å². The SMILES string of the molecule is [2H]C([2H])(Oc1ccc(C(=O)c2c(-c3ccc(O)cc3)sc3cccc(O)c23)cc1)C([2H])([2H])N1CCCCC1. The van der Waals surface area contributed by atoms with Crippen molar-refractivity contribution >= 4 is 27.2 Å². The Bertz CT molecular complexity index is 1460. The van der Waals surface area contributed by atoms with Crippen LogP contribution in [0.15, 0.2) is 66.7 Å². The number of rotatable bonds is 7. The Morgan fingerprint density at radius 1 is 0.971 bits per heavy atom. The van der Waals surface area contributed by atoms with E-state index >= 15 is 0 Å². The number of aromatic hydroxyl groups is 2. The molecular weight excluding hydrogens is 446 g/mol. The Kier molecular flexibility index (Phi) is 5.24. The Labute approximate surface area is 208 Å². The maximum atomic E-state index is 13.8. The van der Waals surface area contributed by atoms with Gasteiger partial charge < -0.3 is 14.9 Å². The fourth-order valence-corrected chi connectivity index (χ4v) is 5.36. The minimum absolute atomic E-state index is 0.0137. The first-order valence-corrected chi connectivity index (χ1v) is 12.0. The van der Waals surface area contributed by atoms with Gasteiger partial charge in [-0.2, -0.15) is 0 Å². The van der Waals surface area contributed by atoms with Gasteiger partial charge in [-0.05, 0) is 92.2 Å². The number of phenols is 2. The molecule has 2 N–H and O–H groups in total. The van der Waals surface area contributed by atoms with Crippen LogP contribution in [0.25, 0.3) is 20.5 Å². The molecule has 4 aromatic rings. The number of phenolic OH excluding ortho intramolecular Hbond substituents is 2. The molecule has 6 heteroatoms. The Morgan fingerprint density at radius 3 is 2.44 bits per heavy atom. The molecule has 174 valence electrons. The fraction of sp³-hybridized carbons (Fsp3) is 0.250. The number of likely N-dealkylation sites (tertiary alicyclic amines) is 1. The second kappa shape index (κ2) is 9.87. The molecule has 0 saturated carbocycles. The molecule has 2 heterocycles. The molecule has 0 bridgehead atoms. The largest absolute Gasteiger partial charge is 0.508 e. The predicted molar refractivity (Wildman–Crippen MR) is 136 cm³/mol. The second-order valence-corrected chi connectivity index (χ2v) is 9.27. The van der Waals surface area contributed by atoms with Crippen LogP contribution in [0.2, 0.25) is 0 Å². The highest BCUT2D eigenvalue weighted by Crippen LogP contribution is 2.43. The molecule has 0 radical (unpaired) electrons. The number of ketones is 1. The van der Waals surface area contributed by atoms with E-state index in [1.54, 1.807) is 18.2 Å². The molecule has 0 aliphatic carbocycles. The fourth-order valence-electron chi connectivity index (χ4n) is 4.13. The van der Waals surface area contributed by atoms with Crippen molar-refractivity contribution in [1.29, 1.82) is 0 Å². The van der Waals surface area contributed by atoms with E-state index < -0.39 is 13.1 Å². The summed E-state index contributed by atoms with van der Waals surface area (Å²) in [6.45, 7) is -4.01. The molecule has 3 aromatic carbocycles. The number of fused-ring (bicyclic) bond motifs is 1. The first-order valence-electron chi connectivity index (χ1n) is 13.2.